The second kappa shape index (κ2) is 9.67. The van der Waals surface area contributed by atoms with Gasteiger partial charge < -0.3 is 14.9 Å². The van der Waals surface area contributed by atoms with Gasteiger partial charge in [0.1, 0.15) is 18.5 Å². The Morgan fingerprint density at radius 2 is 1.97 bits per heavy atom. The minimum Gasteiger partial charge on any atom is -0.481 e. The van der Waals surface area contributed by atoms with E-state index in [1.807, 2.05) is 12.1 Å². The van der Waals surface area contributed by atoms with Gasteiger partial charge in [-0.15, -0.1) is 5.06 Å². The zero-order valence-electron chi connectivity index (χ0n) is 18.1. The number of imidazole rings is 1. The monoisotopic (exact) mass is 486 g/mol. The number of fused-ring (bicyclic) bond motifs is 1. The van der Waals surface area contributed by atoms with Crippen LogP contribution in [-0.4, -0.2) is 51.7 Å². The Kier molecular flexibility index (Phi) is 6.48. The van der Waals surface area contributed by atoms with Gasteiger partial charge in [-0.2, -0.15) is 13.2 Å². The molecule has 0 saturated heterocycles. The lowest BCUT2D eigenvalue weighted by Crippen LogP contribution is -2.43. The van der Waals surface area contributed by atoms with E-state index in [4.69, 9.17) is 4.74 Å². The Bertz CT molecular complexity index is 1370. The molecule has 4 rings (SSSR count). The van der Waals surface area contributed by atoms with E-state index in [2.05, 4.69) is 19.8 Å². The highest BCUT2D eigenvalue weighted by molar-refractivity contribution is 5.91. The predicted octanol–water partition coefficient (Wildman–Crippen LogP) is 3.63. The normalized spacial score (nSPS) is 11.2. The highest BCUT2D eigenvalue weighted by Gasteiger charge is 2.30. The summed E-state index contributed by atoms with van der Waals surface area (Å²) in [5, 5.41) is 2.10. The van der Waals surface area contributed by atoms with Gasteiger partial charge in [0.15, 0.2) is 0 Å². The minimum atomic E-state index is -4.63. The van der Waals surface area contributed by atoms with Crippen LogP contribution in [-0.2, 0) is 9.63 Å². The number of nitrogens with zero attached hydrogens (tertiary/aromatic N) is 5. The van der Waals surface area contributed by atoms with E-state index in [0.29, 0.717) is 33.5 Å². The number of halogens is 3. The number of pyridine rings is 1. The zero-order valence-corrected chi connectivity index (χ0v) is 18.1. The summed E-state index contributed by atoms with van der Waals surface area (Å²) in [6.07, 6.45) is 0.118. The first kappa shape index (κ1) is 23.5. The van der Waals surface area contributed by atoms with E-state index in [9.17, 15) is 22.8 Å². The van der Waals surface area contributed by atoms with E-state index in [-0.39, 0.29) is 12.2 Å². The molecule has 0 bridgehead atoms. The van der Waals surface area contributed by atoms with Gasteiger partial charge in [0.25, 0.3) is 0 Å². The van der Waals surface area contributed by atoms with Crippen molar-refractivity contribution in [2.24, 2.45) is 0 Å². The third-order valence-corrected chi connectivity index (χ3v) is 4.81. The van der Waals surface area contributed by atoms with Crippen LogP contribution in [0.4, 0.5) is 23.7 Å². The van der Waals surface area contributed by atoms with Gasteiger partial charge in [-0.3, -0.25) is 9.20 Å². The highest BCUT2D eigenvalue weighted by atomic mass is 19.4. The first-order valence-corrected chi connectivity index (χ1v) is 9.98. The summed E-state index contributed by atoms with van der Waals surface area (Å²) < 4.78 is 44.3. The second-order valence-electron chi connectivity index (χ2n) is 7.05. The molecule has 4 aromatic rings. The first-order valence-electron chi connectivity index (χ1n) is 9.98. The van der Waals surface area contributed by atoms with Gasteiger partial charge in [0, 0.05) is 23.4 Å². The number of ether oxygens (including phenoxy) is 1. The largest absolute Gasteiger partial charge is 0.481 e. The summed E-state index contributed by atoms with van der Waals surface area (Å²) in [5.41, 5.74) is 3.22. The third-order valence-electron chi connectivity index (χ3n) is 4.81. The van der Waals surface area contributed by atoms with Gasteiger partial charge in [-0.25, -0.2) is 19.7 Å². The van der Waals surface area contributed by atoms with Crippen molar-refractivity contribution in [1.29, 1.82) is 0 Å². The quantitative estimate of drug-likeness (QED) is 0.314. The highest BCUT2D eigenvalue weighted by Crippen LogP contribution is 2.28. The molecule has 0 aliphatic carbocycles. The van der Waals surface area contributed by atoms with E-state index in [1.54, 1.807) is 40.3 Å². The molecule has 35 heavy (non-hydrogen) atoms. The number of anilines is 1. The molecular weight excluding hydrogens is 469 g/mol. The summed E-state index contributed by atoms with van der Waals surface area (Å²) in [7, 11) is 1.51. The van der Waals surface area contributed by atoms with Gasteiger partial charge in [0.05, 0.1) is 30.4 Å². The molecule has 10 nitrogen and oxygen atoms in total. The number of amides is 2. The smallest absolute Gasteiger partial charge is 0.405 e. The van der Waals surface area contributed by atoms with Crippen LogP contribution in [0.2, 0.25) is 0 Å². The second-order valence-corrected chi connectivity index (χ2v) is 7.05. The van der Waals surface area contributed by atoms with Crippen molar-refractivity contribution in [1.82, 2.24) is 24.7 Å². The maximum absolute atomic E-state index is 12.5. The number of hydroxylamine groups is 1. The number of hydrogen-bond acceptors (Lipinski definition) is 7. The van der Waals surface area contributed by atoms with E-state index < -0.39 is 18.8 Å². The third kappa shape index (κ3) is 5.29. The standard InChI is InChI=1S/C22H17F3N6O4/c1-34-20-9-17(28-12-29-20)14-5-6-30-18(10-26-19(30)8-14)15-3-2-4-16(7-15)31(35-13-32)21(33)27-11-22(23,24)25/h2-10,12-13H,11H2,1H3,(H,27,33). The number of methoxy groups -OCH3 is 1. The first-order chi connectivity index (χ1) is 16.8. The average Bonchev–Trinajstić information content (AvgIpc) is 3.29. The fourth-order valence-corrected chi connectivity index (χ4v) is 3.27. The molecule has 2 amide bonds. The van der Waals surface area contributed by atoms with Crippen LogP contribution in [0.25, 0.3) is 28.2 Å². The van der Waals surface area contributed by atoms with Crippen molar-refractivity contribution >= 4 is 23.8 Å². The number of rotatable bonds is 7. The number of alkyl halides is 3. The topological polar surface area (TPSA) is 111 Å². The maximum atomic E-state index is 12.5. The van der Waals surface area contributed by atoms with Crippen LogP contribution in [0.15, 0.2) is 61.2 Å². The maximum Gasteiger partial charge on any atom is 0.405 e. The van der Waals surface area contributed by atoms with Crippen LogP contribution >= 0.6 is 0 Å². The average molecular weight is 486 g/mol. The summed E-state index contributed by atoms with van der Waals surface area (Å²) >= 11 is 0. The van der Waals surface area contributed by atoms with Crippen LogP contribution in [0, 0.1) is 0 Å². The summed E-state index contributed by atoms with van der Waals surface area (Å²) in [4.78, 5) is 40.3. The van der Waals surface area contributed by atoms with Crippen molar-refractivity contribution in [2.45, 2.75) is 6.18 Å². The molecule has 0 unspecified atom stereocenters. The van der Waals surface area contributed by atoms with E-state index in [1.165, 1.54) is 25.6 Å². The fraction of sp³-hybridized carbons (Fsp3) is 0.136. The molecule has 0 saturated carbocycles. The molecule has 3 aromatic heterocycles. The molecule has 0 fully saturated rings. The SMILES string of the molecule is COc1cc(-c2ccn3c(-c4cccc(N(OC=O)C(=O)NCC(F)(F)F)c4)cnc3c2)ncn1. The van der Waals surface area contributed by atoms with Gasteiger partial charge in [0.2, 0.25) is 5.88 Å². The molecule has 0 radical (unpaired) electrons. The lowest BCUT2D eigenvalue weighted by molar-refractivity contribution is -0.129. The molecule has 3 heterocycles. The Balaban J connectivity index is 1.65. The number of aromatic nitrogens is 4. The molecule has 180 valence electrons. The number of benzene rings is 1. The van der Waals surface area contributed by atoms with Crippen LogP contribution in [0.1, 0.15) is 0 Å². The zero-order chi connectivity index (χ0) is 25.0. The van der Waals surface area contributed by atoms with Crippen molar-refractivity contribution in [3.63, 3.8) is 0 Å². The van der Waals surface area contributed by atoms with Crippen molar-refractivity contribution < 1.29 is 32.3 Å². The Labute approximate surface area is 195 Å². The van der Waals surface area contributed by atoms with Gasteiger partial charge >= 0.3 is 18.7 Å². The lowest BCUT2D eigenvalue weighted by atomic mass is 10.1. The van der Waals surface area contributed by atoms with Crippen LogP contribution in [0.3, 0.4) is 0 Å². The van der Waals surface area contributed by atoms with Crippen LogP contribution in [0.5, 0.6) is 5.88 Å². The van der Waals surface area contributed by atoms with Gasteiger partial charge in [-0.05, 0) is 24.3 Å². The molecule has 0 aliphatic rings. The Hall–Kier alpha value is -4.68. The molecule has 0 aliphatic heterocycles. The van der Waals surface area contributed by atoms with Crippen molar-refractivity contribution in [3.05, 3.63) is 61.2 Å². The number of nitrogens with one attached hydrogen (secondary N) is 1. The van der Waals surface area contributed by atoms with E-state index >= 15 is 0 Å². The van der Waals surface area contributed by atoms with Crippen LogP contribution < -0.4 is 15.1 Å². The molecule has 0 atom stereocenters. The number of carbonyl (C=O) groups excluding carboxylic acids is 2. The summed E-state index contributed by atoms with van der Waals surface area (Å²) in [6, 6.07) is 10.2. The number of carbonyl (C=O) groups is 2. The molecular formula is C22H17F3N6O4. The van der Waals surface area contributed by atoms with Gasteiger partial charge in [-0.1, -0.05) is 12.1 Å². The Morgan fingerprint density at radius 3 is 2.71 bits per heavy atom. The Morgan fingerprint density at radius 1 is 1.14 bits per heavy atom. The molecule has 1 aromatic carbocycles. The van der Waals surface area contributed by atoms with Crippen molar-refractivity contribution in [3.8, 4) is 28.4 Å². The lowest BCUT2D eigenvalue weighted by Gasteiger charge is -2.20. The molecule has 0 spiro atoms. The molecule has 1 N–H and O–H groups in total. The fourth-order valence-electron chi connectivity index (χ4n) is 3.27. The predicted molar refractivity (Wildman–Crippen MR) is 117 cm³/mol. The minimum absolute atomic E-state index is 0.0360. The number of urea groups is 1. The van der Waals surface area contributed by atoms with Crippen molar-refractivity contribution in [2.75, 3.05) is 18.7 Å². The summed E-state index contributed by atoms with van der Waals surface area (Å²) in [5.74, 6) is 0.414. The van der Waals surface area contributed by atoms with E-state index in [0.717, 1.165) is 5.56 Å². The number of hydrogen-bond donors (Lipinski definition) is 1. The molecule has 13 heteroatoms. The summed E-state index contributed by atoms with van der Waals surface area (Å²) in [6.45, 7) is -1.64.